The Hall–Kier alpha value is -2.04. The van der Waals surface area contributed by atoms with Crippen molar-refractivity contribution < 1.29 is 9.59 Å². The van der Waals surface area contributed by atoms with E-state index in [1.807, 2.05) is 38.1 Å². The Balaban J connectivity index is 2.06. The summed E-state index contributed by atoms with van der Waals surface area (Å²) in [5, 5.41) is 5.84. The zero-order chi connectivity index (χ0) is 16.1. The summed E-state index contributed by atoms with van der Waals surface area (Å²) < 4.78 is 0. The molecule has 22 heavy (non-hydrogen) atoms. The van der Waals surface area contributed by atoms with Crippen molar-refractivity contribution in [3.8, 4) is 0 Å². The van der Waals surface area contributed by atoms with Gasteiger partial charge in [0.15, 0.2) is 0 Å². The Morgan fingerprint density at radius 3 is 2.73 bits per heavy atom. The van der Waals surface area contributed by atoms with Gasteiger partial charge in [-0.25, -0.2) is 4.79 Å². The molecule has 1 unspecified atom stereocenters. The van der Waals surface area contributed by atoms with Crippen molar-refractivity contribution in [3.63, 3.8) is 0 Å². The molecule has 1 saturated heterocycles. The summed E-state index contributed by atoms with van der Waals surface area (Å²) in [6, 6.07) is 7.29. The summed E-state index contributed by atoms with van der Waals surface area (Å²) in [5.74, 6) is -0.0635. The third-order valence-corrected chi connectivity index (χ3v) is 3.89. The molecule has 1 atom stereocenters. The number of likely N-dealkylation sites (tertiary alicyclic amines) is 1. The number of nitrogens with one attached hydrogen (secondary N) is 2. The van der Waals surface area contributed by atoms with Crippen LogP contribution in [0.25, 0.3) is 0 Å². The molecule has 1 aliphatic rings. The molecule has 1 fully saturated rings. The monoisotopic (exact) mass is 303 g/mol. The summed E-state index contributed by atoms with van der Waals surface area (Å²) in [7, 11) is 0. The maximum atomic E-state index is 12.5. The summed E-state index contributed by atoms with van der Waals surface area (Å²) in [5.41, 5.74) is 1.92. The van der Waals surface area contributed by atoms with Crippen LogP contribution in [0.2, 0.25) is 0 Å². The number of carbonyl (C=O) groups excluding carboxylic acids is 2. The van der Waals surface area contributed by atoms with Crippen LogP contribution in [0, 0.1) is 0 Å². The number of hydrogen-bond acceptors (Lipinski definition) is 2. The normalized spacial score (nSPS) is 17.6. The molecule has 0 saturated carbocycles. The van der Waals surface area contributed by atoms with Crippen LogP contribution in [0.1, 0.15) is 39.2 Å². The lowest BCUT2D eigenvalue weighted by molar-refractivity contribution is -0.125. The minimum atomic E-state index is -0.365. The number of benzene rings is 1. The lowest BCUT2D eigenvalue weighted by Crippen LogP contribution is -2.49. The zero-order valence-corrected chi connectivity index (χ0v) is 13.6. The minimum Gasteiger partial charge on any atom is -0.352 e. The molecule has 0 aromatic heterocycles. The molecule has 0 bridgehead atoms. The van der Waals surface area contributed by atoms with Crippen molar-refractivity contribution in [2.45, 2.75) is 52.1 Å². The molecule has 5 heteroatoms. The summed E-state index contributed by atoms with van der Waals surface area (Å²) in [6.07, 6.45) is 2.44. The van der Waals surface area contributed by atoms with Gasteiger partial charge < -0.3 is 15.5 Å². The number of anilines is 1. The molecule has 5 nitrogen and oxygen atoms in total. The highest BCUT2D eigenvalue weighted by atomic mass is 16.2. The maximum absolute atomic E-state index is 12.5. The second kappa shape index (κ2) is 7.29. The zero-order valence-electron chi connectivity index (χ0n) is 13.6. The third kappa shape index (κ3) is 3.78. The molecule has 2 N–H and O–H groups in total. The number of para-hydroxylation sites is 1. The average molecular weight is 303 g/mol. The van der Waals surface area contributed by atoms with Gasteiger partial charge in [0.1, 0.15) is 6.04 Å². The average Bonchev–Trinajstić information content (AvgIpc) is 2.96. The molecule has 0 radical (unpaired) electrons. The molecular formula is C17H25N3O2. The van der Waals surface area contributed by atoms with Gasteiger partial charge in [0.05, 0.1) is 0 Å². The second-order valence-corrected chi connectivity index (χ2v) is 5.96. The quantitative estimate of drug-likeness (QED) is 0.898. The van der Waals surface area contributed by atoms with Crippen LogP contribution in [-0.4, -0.2) is 35.5 Å². The van der Waals surface area contributed by atoms with Crippen LogP contribution in [0.5, 0.6) is 0 Å². The molecule has 1 aromatic rings. The summed E-state index contributed by atoms with van der Waals surface area (Å²) in [6.45, 7) is 6.53. The third-order valence-electron chi connectivity index (χ3n) is 3.89. The predicted molar refractivity (Wildman–Crippen MR) is 87.8 cm³/mol. The fraction of sp³-hybridized carbons (Fsp3) is 0.529. The van der Waals surface area contributed by atoms with Crippen LogP contribution < -0.4 is 10.6 Å². The van der Waals surface area contributed by atoms with Gasteiger partial charge in [-0.05, 0) is 44.7 Å². The van der Waals surface area contributed by atoms with Gasteiger partial charge in [-0.15, -0.1) is 0 Å². The van der Waals surface area contributed by atoms with E-state index in [0.29, 0.717) is 6.54 Å². The van der Waals surface area contributed by atoms with Crippen molar-refractivity contribution in [3.05, 3.63) is 29.8 Å². The first-order valence-corrected chi connectivity index (χ1v) is 7.98. The SMILES string of the molecule is CCc1ccccc1NC(=O)N1CCCC1C(=O)NC(C)C. The Kier molecular flexibility index (Phi) is 5.41. The van der Waals surface area contributed by atoms with E-state index in [-0.39, 0.29) is 24.0 Å². The van der Waals surface area contributed by atoms with Crippen LogP contribution in [0.15, 0.2) is 24.3 Å². The van der Waals surface area contributed by atoms with E-state index in [4.69, 9.17) is 0 Å². The van der Waals surface area contributed by atoms with Crippen molar-refractivity contribution in [1.82, 2.24) is 10.2 Å². The molecule has 2 rings (SSSR count). The van der Waals surface area contributed by atoms with E-state index in [1.54, 1.807) is 4.90 Å². The number of amides is 3. The van der Waals surface area contributed by atoms with Gasteiger partial charge in [-0.3, -0.25) is 4.79 Å². The molecule has 1 heterocycles. The Morgan fingerprint density at radius 1 is 1.32 bits per heavy atom. The number of rotatable bonds is 4. The van der Waals surface area contributed by atoms with Crippen molar-refractivity contribution >= 4 is 17.6 Å². The summed E-state index contributed by atoms with van der Waals surface area (Å²) >= 11 is 0. The van der Waals surface area contributed by atoms with E-state index >= 15 is 0 Å². The van der Waals surface area contributed by atoms with Crippen LogP contribution in [0.4, 0.5) is 10.5 Å². The Morgan fingerprint density at radius 2 is 2.05 bits per heavy atom. The largest absolute Gasteiger partial charge is 0.352 e. The Labute approximate surface area is 132 Å². The van der Waals surface area contributed by atoms with Gasteiger partial charge in [0, 0.05) is 18.3 Å². The molecule has 120 valence electrons. The van der Waals surface area contributed by atoms with Crippen molar-refractivity contribution in [2.75, 3.05) is 11.9 Å². The number of hydrogen-bond donors (Lipinski definition) is 2. The van der Waals surface area contributed by atoms with E-state index in [0.717, 1.165) is 30.5 Å². The maximum Gasteiger partial charge on any atom is 0.322 e. The fourth-order valence-electron chi connectivity index (χ4n) is 2.80. The number of nitrogens with zero attached hydrogens (tertiary/aromatic N) is 1. The van der Waals surface area contributed by atoms with Crippen molar-refractivity contribution in [1.29, 1.82) is 0 Å². The highest BCUT2D eigenvalue weighted by Crippen LogP contribution is 2.21. The minimum absolute atomic E-state index is 0.0635. The van der Waals surface area contributed by atoms with Gasteiger partial charge in [0.2, 0.25) is 5.91 Å². The standard InChI is InChI=1S/C17H25N3O2/c1-4-13-8-5-6-9-14(13)19-17(22)20-11-7-10-15(20)16(21)18-12(2)3/h5-6,8-9,12,15H,4,7,10-11H2,1-3H3,(H,18,21)(H,19,22). The lowest BCUT2D eigenvalue weighted by Gasteiger charge is -2.25. The number of carbonyl (C=O) groups is 2. The van der Waals surface area contributed by atoms with E-state index in [2.05, 4.69) is 17.6 Å². The first-order valence-electron chi connectivity index (χ1n) is 7.98. The first kappa shape index (κ1) is 16.3. The lowest BCUT2D eigenvalue weighted by atomic mass is 10.1. The Bertz CT molecular complexity index is 542. The van der Waals surface area contributed by atoms with Crippen LogP contribution in [0.3, 0.4) is 0 Å². The van der Waals surface area contributed by atoms with Crippen molar-refractivity contribution in [2.24, 2.45) is 0 Å². The molecule has 0 spiro atoms. The highest BCUT2D eigenvalue weighted by Gasteiger charge is 2.34. The predicted octanol–water partition coefficient (Wildman–Crippen LogP) is 2.77. The van der Waals surface area contributed by atoms with E-state index in [9.17, 15) is 9.59 Å². The van der Waals surface area contributed by atoms with E-state index < -0.39 is 0 Å². The summed E-state index contributed by atoms with van der Waals surface area (Å²) in [4.78, 5) is 26.4. The van der Waals surface area contributed by atoms with E-state index in [1.165, 1.54) is 0 Å². The number of urea groups is 1. The fourth-order valence-corrected chi connectivity index (χ4v) is 2.80. The van der Waals surface area contributed by atoms with Gasteiger partial charge in [-0.1, -0.05) is 25.1 Å². The number of aryl methyl sites for hydroxylation is 1. The molecule has 0 aliphatic carbocycles. The topological polar surface area (TPSA) is 61.4 Å². The molecular weight excluding hydrogens is 278 g/mol. The first-order chi connectivity index (χ1) is 10.5. The smallest absolute Gasteiger partial charge is 0.322 e. The van der Waals surface area contributed by atoms with Crippen LogP contribution in [-0.2, 0) is 11.2 Å². The molecule has 3 amide bonds. The van der Waals surface area contributed by atoms with Gasteiger partial charge in [0.25, 0.3) is 0 Å². The molecule has 1 aliphatic heterocycles. The van der Waals surface area contributed by atoms with Crippen LogP contribution >= 0.6 is 0 Å². The van der Waals surface area contributed by atoms with Gasteiger partial charge in [-0.2, -0.15) is 0 Å². The highest BCUT2D eigenvalue weighted by molar-refractivity contribution is 5.94. The second-order valence-electron chi connectivity index (χ2n) is 5.96. The molecule has 1 aromatic carbocycles. The van der Waals surface area contributed by atoms with Gasteiger partial charge >= 0.3 is 6.03 Å².